The first-order valence-electron chi connectivity index (χ1n) is 9.08. The van der Waals surface area contributed by atoms with Crippen molar-refractivity contribution in [1.29, 1.82) is 0 Å². The minimum atomic E-state index is -4.84. The van der Waals surface area contributed by atoms with Gasteiger partial charge in [-0.1, -0.05) is 6.08 Å². The monoisotopic (exact) mass is 442 g/mol. The maximum atomic E-state index is 14.3. The van der Waals surface area contributed by atoms with Gasteiger partial charge in [0.2, 0.25) is 0 Å². The van der Waals surface area contributed by atoms with Gasteiger partial charge < -0.3 is 19.8 Å². The van der Waals surface area contributed by atoms with Crippen LogP contribution in [0.2, 0.25) is 0 Å². The van der Waals surface area contributed by atoms with Crippen molar-refractivity contribution in [2.75, 3.05) is 25.0 Å². The summed E-state index contributed by atoms with van der Waals surface area (Å²) in [5.41, 5.74) is 0.828. The number of hydrogen-bond donors (Lipinski definition) is 3. The smallest absolute Gasteiger partial charge is 0.404 e. The Bertz CT molecular complexity index is 966. The Balaban J connectivity index is 1.60. The number of nitrogens with zero attached hydrogens (tertiary/aromatic N) is 3. The first kappa shape index (κ1) is 22.4. The predicted molar refractivity (Wildman–Crippen MR) is 100 cm³/mol. The molecule has 0 saturated carbocycles. The molecule has 0 aromatic carbocycles. The molecule has 1 aliphatic heterocycles. The highest BCUT2D eigenvalue weighted by molar-refractivity contribution is 5.89. The molecule has 0 saturated heterocycles. The Morgan fingerprint density at radius 1 is 1.29 bits per heavy atom. The molecule has 12 heteroatoms. The molecule has 2 amide bonds. The highest BCUT2D eigenvalue weighted by atomic mass is 19.4. The third kappa shape index (κ3) is 5.89. The van der Waals surface area contributed by atoms with Crippen LogP contribution >= 0.6 is 0 Å². The van der Waals surface area contributed by atoms with Crippen LogP contribution in [-0.2, 0) is 0 Å². The largest absolute Gasteiger partial charge is 0.573 e. The number of nitrogens with one attached hydrogen (secondary N) is 1. The Kier molecular flexibility index (Phi) is 6.71. The molecule has 0 unspecified atom stereocenters. The maximum absolute atomic E-state index is 14.3. The van der Waals surface area contributed by atoms with Crippen LogP contribution in [0, 0.1) is 5.82 Å². The second-order valence-electron chi connectivity index (χ2n) is 6.58. The number of amides is 2. The molecule has 2 aromatic heterocycles. The predicted octanol–water partition coefficient (Wildman–Crippen LogP) is 2.86. The molecule has 2 aromatic rings. The number of ether oxygens (including phenoxy) is 1. The SMILES string of the molecule is O=C(Nc1ccc(OC(F)(F)F)cn1)N1CC=C(c2ncc([C@H](O)CO)cc2F)CC1. The maximum Gasteiger partial charge on any atom is 0.573 e. The molecule has 3 rings (SSSR count). The van der Waals surface area contributed by atoms with E-state index in [2.05, 4.69) is 20.0 Å². The van der Waals surface area contributed by atoms with Gasteiger partial charge in [-0.3, -0.25) is 10.3 Å². The topological polar surface area (TPSA) is 108 Å². The van der Waals surface area contributed by atoms with Crippen molar-refractivity contribution in [2.45, 2.75) is 18.9 Å². The van der Waals surface area contributed by atoms with Crippen molar-refractivity contribution in [3.8, 4) is 5.75 Å². The van der Waals surface area contributed by atoms with Gasteiger partial charge in [0.05, 0.1) is 12.8 Å². The molecular weight excluding hydrogens is 424 g/mol. The van der Waals surface area contributed by atoms with E-state index in [0.29, 0.717) is 12.0 Å². The van der Waals surface area contributed by atoms with Gasteiger partial charge in [-0.2, -0.15) is 0 Å². The summed E-state index contributed by atoms with van der Waals surface area (Å²) in [6, 6.07) is 2.77. The Morgan fingerprint density at radius 2 is 2.06 bits per heavy atom. The number of anilines is 1. The number of carbonyl (C=O) groups excluding carboxylic acids is 1. The number of hydrogen-bond acceptors (Lipinski definition) is 6. The van der Waals surface area contributed by atoms with Gasteiger partial charge in [-0.05, 0) is 30.2 Å². The lowest BCUT2D eigenvalue weighted by molar-refractivity contribution is -0.274. The standard InChI is InChI=1S/C19H18F4N4O4/c20-14-7-12(15(29)10-28)8-25-17(14)11-3-5-27(6-4-11)18(30)26-16-2-1-13(9-24-16)31-19(21,22)23/h1-3,7-9,15,28-29H,4-6,10H2,(H,24,26,30)/t15-/m1/s1. The second-order valence-corrected chi connectivity index (χ2v) is 6.58. The summed E-state index contributed by atoms with van der Waals surface area (Å²) < 4.78 is 54.5. The molecule has 3 N–H and O–H groups in total. The van der Waals surface area contributed by atoms with E-state index >= 15 is 0 Å². The van der Waals surface area contributed by atoms with Crippen molar-refractivity contribution in [3.05, 3.63) is 53.7 Å². The summed E-state index contributed by atoms with van der Waals surface area (Å²) in [5, 5.41) is 20.9. The summed E-state index contributed by atoms with van der Waals surface area (Å²) in [5.74, 6) is -1.12. The van der Waals surface area contributed by atoms with Gasteiger partial charge in [0.15, 0.2) is 0 Å². The molecule has 1 aliphatic rings. The van der Waals surface area contributed by atoms with Crippen LogP contribution in [0.5, 0.6) is 5.75 Å². The van der Waals surface area contributed by atoms with Crippen LogP contribution < -0.4 is 10.1 Å². The van der Waals surface area contributed by atoms with Crippen LogP contribution in [0.1, 0.15) is 23.8 Å². The molecule has 3 heterocycles. The van der Waals surface area contributed by atoms with E-state index in [0.717, 1.165) is 18.3 Å². The molecule has 31 heavy (non-hydrogen) atoms. The number of aliphatic hydroxyl groups excluding tert-OH is 2. The van der Waals surface area contributed by atoms with E-state index in [1.165, 1.54) is 17.2 Å². The highest BCUT2D eigenvalue weighted by Crippen LogP contribution is 2.26. The number of rotatable bonds is 5. The van der Waals surface area contributed by atoms with Gasteiger partial charge >= 0.3 is 12.4 Å². The highest BCUT2D eigenvalue weighted by Gasteiger charge is 2.31. The first-order chi connectivity index (χ1) is 14.7. The normalized spacial score (nSPS) is 15.3. The molecule has 8 nitrogen and oxygen atoms in total. The molecule has 1 atom stereocenters. The average molecular weight is 442 g/mol. The minimum absolute atomic E-state index is 0.0417. The van der Waals surface area contributed by atoms with E-state index in [-0.39, 0.29) is 30.2 Å². The van der Waals surface area contributed by atoms with Crippen molar-refractivity contribution >= 4 is 17.4 Å². The van der Waals surface area contributed by atoms with Crippen molar-refractivity contribution in [3.63, 3.8) is 0 Å². The van der Waals surface area contributed by atoms with Crippen LogP contribution in [0.3, 0.4) is 0 Å². The minimum Gasteiger partial charge on any atom is -0.404 e. The molecule has 0 bridgehead atoms. The van der Waals surface area contributed by atoms with Crippen molar-refractivity contribution in [1.82, 2.24) is 14.9 Å². The molecule has 0 aliphatic carbocycles. The number of aromatic nitrogens is 2. The average Bonchev–Trinajstić information content (AvgIpc) is 2.73. The molecule has 0 radical (unpaired) electrons. The molecular formula is C19H18F4N4O4. The number of alkyl halides is 3. The van der Waals surface area contributed by atoms with Crippen LogP contribution in [-0.4, -0.2) is 57.2 Å². The first-order valence-corrected chi connectivity index (χ1v) is 9.08. The third-order valence-corrected chi connectivity index (χ3v) is 4.43. The number of carbonyl (C=O) groups is 1. The third-order valence-electron chi connectivity index (χ3n) is 4.43. The Hall–Kier alpha value is -3.25. The number of aliphatic hydroxyl groups is 2. The lowest BCUT2D eigenvalue weighted by Crippen LogP contribution is -2.38. The number of urea groups is 1. The number of halogens is 4. The Labute approximate surface area is 173 Å². The van der Waals surface area contributed by atoms with E-state index in [9.17, 15) is 27.5 Å². The molecule has 0 fully saturated rings. The van der Waals surface area contributed by atoms with E-state index in [1.54, 1.807) is 6.08 Å². The quantitative estimate of drug-likeness (QED) is 0.615. The zero-order chi connectivity index (χ0) is 22.6. The fraction of sp³-hybridized carbons (Fsp3) is 0.316. The van der Waals surface area contributed by atoms with Gasteiger partial charge in [0.25, 0.3) is 0 Å². The summed E-state index contributed by atoms with van der Waals surface area (Å²) in [6.45, 7) is -0.159. The fourth-order valence-electron chi connectivity index (χ4n) is 2.88. The van der Waals surface area contributed by atoms with E-state index in [4.69, 9.17) is 5.11 Å². The fourth-order valence-corrected chi connectivity index (χ4v) is 2.88. The van der Waals surface area contributed by atoms with Gasteiger partial charge in [-0.15, -0.1) is 13.2 Å². The van der Waals surface area contributed by atoms with E-state index < -0.39 is 36.7 Å². The van der Waals surface area contributed by atoms with E-state index in [1.807, 2.05) is 0 Å². The van der Waals surface area contributed by atoms with Crippen LogP contribution in [0.4, 0.5) is 28.2 Å². The lowest BCUT2D eigenvalue weighted by atomic mass is 10.0. The zero-order valence-electron chi connectivity index (χ0n) is 15.9. The summed E-state index contributed by atoms with van der Waals surface area (Å²) >= 11 is 0. The van der Waals surface area contributed by atoms with Crippen molar-refractivity contribution < 1.29 is 37.3 Å². The summed E-state index contributed by atoms with van der Waals surface area (Å²) in [4.78, 5) is 21.5. The zero-order valence-corrected chi connectivity index (χ0v) is 15.9. The summed E-state index contributed by atoms with van der Waals surface area (Å²) in [7, 11) is 0. The Morgan fingerprint density at radius 3 is 2.61 bits per heavy atom. The van der Waals surface area contributed by atoms with Gasteiger partial charge in [-0.25, -0.2) is 14.2 Å². The lowest BCUT2D eigenvalue weighted by Gasteiger charge is -2.26. The van der Waals surface area contributed by atoms with Crippen molar-refractivity contribution in [2.24, 2.45) is 0 Å². The van der Waals surface area contributed by atoms with Gasteiger partial charge in [0.1, 0.15) is 29.2 Å². The second kappa shape index (κ2) is 9.27. The number of pyridine rings is 2. The van der Waals surface area contributed by atoms with Gasteiger partial charge in [0, 0.05) is 24.8 Å². The molecule has 166 valence electrons. The van der Waals surface area contributed by atoms with Crippen LogP contribution in [0.15, 0.2) is 36.7 Å². The van der Waals surface area contributed by atoms with Crippen LogP contribution in [0.25, 0.3) is 5.57 Å². The molecule has 0 spiro atoms. The summed E-state index contributed by atoms with van der Waals surface area (Å²) in [6.07, 6.45) is -2.01.